The summed E-state index contributed by atoms with van der Waals surface area (Å²) in [5.74, 6) is -0.00418. The average molecular weight is 572 g/mol. The summed E-state index contributed by atoms with van der Waals surface area (Å²) >= 11 is 5.28. The van der Waals surface area contributed by atoms with Gasteiger partial charge in [0.05, 0.1) is 5.70 Å². The van der Waals surface area contributed by atoms with E-state index in [1.54, 1.807) is 23.5 Å². The molecule has 0 saturated carbocycles. The number of ketones is 1. The van der Waals surface area contributed by atoms with Crippen molar-refractivity contribution in [3.8, 4) is 0 Å². The number of ether oxygens (including phenoxy) is 1. The van der Waals surface area contributed by atoms with Gasteiger partial charge < -0.3 is 10.5 Å². The Kier molecular flexibility index (Phi) is 8.83. The van der Waals surface area contributed by atoms with Crippen LogP contribution in [0.2, 0.25) is 0 Å². The van der Waals surface area contributed by atoms with E-state index in [0.717, 1.165) is 21.3 Å². The van der Waals surface area contributed by atoms with Crippen LogP contribution < -0.4 is 5.73 Å². The molecule has 1 atom stereocenters. The maximum absolute atomic E-state index is 13.3. The number of hydrogen-bond donors (Lipinski definition) is 1. The zero-order valence-corrected chi connectivity index (χ0v) is 27.6. The minimum atomic E-state index is -0.00418. The average Bonchev–Trinajstić information content (AvgIpc) is 2.71. The molecule has 3 rings (SSSR count). The standard InChI is InChI=1S/C32H45NO2S3/c1-29(2,3)23-15-19(16-24(36-23)30(4,5)6)13-21-27(33)22(28(21)34)14-20-17-25(37-31(7,8)9)35-26(18-20)38-32(10,11)12/h13-18,23H,33H2,1-12H3. The van der Waals surface area contributed by atoms with Gasteiger partial charge in [-0.3, -0.25) is 4.79 Å². The summed E-state index contributed by atoms with van der Waals surface area (Å²) in [6.07, 6.45) is 12.4. The molecule has 3 aliphatic rings. The van der Waals surface area contributed by atoms with Crippen LogP contribution in [0, 0.1) is 10.8 Å². The molecule has 0 amide bonds. The van der Waals surface area contributed by atoms with Crippen molar-refractivity contribution in [2.75, 3.05) is 0 Å². The molecule has 1 unspecified atom stereocenters. The Morgan fingerprint density at radius 2 is 1.37 bits per heavy atom. The number of thioether (sulfide) groups is 3. The van der Waals surface area contributed by atoms with Crippen LogP contribution in [0.3, 0.4) is 0 Å². The fourth-order valence-electron chi connectivity index (χ4n) is 3.84. The van der Waals surface area contributed by atoms with Gasteiger partial charge in [0.1, 0.15) is 0 Å². The van der Waals surface area contributed by atoms with Crippen LogP contribution in [0.25, 0.3) is 0 Å². The number of carbonyl (C=O) groups excluding carboxylic acids is 1. The van der Waals surface area contributed by atoms with Crippen molar-refractivity contribution < 1.29 is 9.53 Å². The first-order valence-corrected chi connectivity index (χ1v) is 15.7. The summed E-state index contributed by atoms with van der Waals surface area (Å²) in [5, 5.41) is 1.99. The van der Waals surface area contributed by atoms with E-state index in [9.17, 15) is 4.79 Å². The first-order chi connectivity index (χ1) is 17.1. The second-order valence-electron chi connectivity index (χ2n) is 14.1. The highest BCUT2D eigenvalue weighted by atomic mass is 32.2. The lowest BCUT2D eigenvalue weighted by Gasteiger charge is -2.35. The van der Waals surface area contributed by atoms with Crippen LogP contribution in [0.4, 0.5) is 0 Å². The van der Waals surface area contributed by atoms with E-state index in [2.05, 4.69) is 95.2 Å². The Morgan fingerprint density at radius 1 is 0.842 bits per heavy atom. The number of nitrogens with two attached hydrogens (primary N) is 1. The summed E-state index contributed by atoms with van der Waals surface area (Å²) in [6, 6.07) is 0. The molecule has 0 saturated heterocycles. The second kappa shape index (κ2) is 10.8. The van der Waals surface area contributed by atoms with Crippen molar-refractivity contribution in [2.24, 2.45) is 16.6 Å². The SMILES string of the molecule is CC(C)(C)SC1=CC(=CC2=C(N)C(=CC3=CC(C(C)(C)C)SC(C(C)(C)C)=C3)C2=O)C=C(SC(C)(C)C)O1. The van der Waals surface area contributed by atoms with Crippen molar-refractivity contribution in [3.05, 3.63) is 79.5 Å². The predicted octanol–water partition coefficient (Wildman–Crippen LogP) is 9.43. The lowest BCUT2D eigenvalue weighted by atomic mass is 9.83. The second-order valence-corrected chi connectivity index (χ2v) is 19.0. The smallest absolute Gasteiger partial charge is 0.197 e. The van der Waals surface area contributed by atoms with Crippen LogP contribution in [-0.2, 0) is 9.53 Å². The van der Waals surface area contributed by atoms with Gasteiger partial charge in [-0.05, 0) is 57.3 Å². The molecule has 0 radical (unpaired) electrons. The molecule has 2 N–H and O–H groups in total. The third-order valence-corrected chi connectivity index (χ3v) is 9.87. The summed E-state index contributed by atoms with van der Waals surface area (Å²) in [5.41, 5.74) is 10.4. The van der Waals surface area contributed by atoms with Crippen molar-refractivity contribution in [3.63, 3.8) is 0 Å². The molecular weight excluding hydrogens is 527 g/mol. The third kappa shape index (κ3) is 8.25. The van der Waals surface area contributed by atoms with E-state index in [4.69, 9.17) is 10.5 Å². The highest BCUT2D eigenvalue weighted by molar-refractivity contribution is 8.05. The van der Waals surface area contributed by atoms with Gasteiger partial charge in [0.2, 0.25) is 0 Å². The highest BCUT2D eigenvalue weighted by Gasteiger charge is 2.34. The number of carbonyl (C=O) groups is 1. The number of hydrogen-bond acceptors (Lipinski definition) is 6. The molecule has 2 aliphatic heterocycles. The molecule has 0 aromatic carbocycles. The molecule has 38 heavy (non-hydrogen) atoms. The van der Waals surface area contributed by atoms with E-state index in [1.165, 1.54) is 4.91 Å². The summed E-state index contributed by atoms with van der Waals surface area (Å²) in [4.78, 5) is 14.6. The quantitative estimate of drug-likeness (QED) is 0.339. The van der Waals surface area contributed by atoms with E-state index in [-0.39, 0.29) is 26.1 Å². The van der Waals surface area contributed by atoms with E-state index in [0.29, 0.717) is 22.1 Å². The highest BCUT2D eigenvalue weighted by Crippen LogP contribution is 2.47. The van der Waals surface area contributed by atoms with Crippen LogP contribution >= 0.6 is 35.3 Å². The van der Waals surface area contributed by atoms with Crippen molar-refractivity contribution in [1.29, 1.82) is 0 Å². The monoisotopic (exact) mass is 571 g/mol. The Morgan fingerprint density at radius 3 is 1.79 bits per heavy atom. The van der Waals surface area contributed by atoms with Gasteiger partial charge in [0.25, 0.3) is 0 Å². The molecule has 0 bridgehead atoms. The minimum absolute atomic E-state index is 0.00261. The van der Waals surface area contributed by atoms with Gasteiger partial charge in [-0.25, -0.2) is 0 Å². The molecular formula is C32H45NO2S3. The normalized spacial score (nSPS) is 22.4. The lowest BCUT2D eigenvalue weighted by Crippen LogP contribution is -2.28. The van der Waals surface area contributed by atoms with Crippen LogP contribution in [0.5, 0.6) is 0 Å². The molecule has 0 fully saturated rings. The predicted molar refractivity (Wildman–Crippen MR) is 171 cm³/mol. The zero-order valence-electron chi connectivity index (χ0n) is 25.2. The van der Waals surface area contributed by atoms with E-state index in [1.807, 2.05) is 36.1 Å². The third-order valence-electron chi connectivity index (χ3n) is 5.76. The van der Waals surface area contributed by atoms with Crippen molar-refractivity contribution >= 4 is 41.1 Å². The molecule has 1 aliphatic carbocycles. The van der Waals surface area contributed by atoms with Gasteiger partial charge in [-0.1, -0.05) is 113 Å². The Labute approximate surface area is 243 Å². The van der Waals surface area contributed by atoms with Gasteiger partial charge in [0.15, 0.2) is 16.0 Å². The first kappa shape index (κ1) is 31.0. The fraction of sp³-hybridized carbons (Fsp3) is 0.531. The van der Waals surface area contributed by atoms with Gasteiger partial charge in [-0.2, -0.15) is 0 Å². The maximum Gasteiger partial charge on any atom is 0.197 e. The van der Waals surface area contributed by atoms with E-state index < -0.39 is 0 Å². The van der Waals surface area contributed by atoms with E-state index >= 15 is 0 Å². The topological polar surface area (TPSA) is 52.3 Å². The minimum Gasteiger partial charge on any atom is -0.444 e. The molecule has 2 heterocycles. The van der Waals surface area contributed by atoms with Crippen molar-refractivity contribution in [2.45, 2.75) is 97.8 Å². The molecule has 0 aromatic rings. The fourth-order valence-corrected chi connectivity index (χ4v) is 7.16. The van der Waals surface area contributed by atoms with Gasteiger partial charge in [0, 0.05) is 25.9 Å². The summed E-state index contributed by atoms with van der Waals surface area (Å²) in [6.45, 7) is 26.5. The molecule has 3 nitrogen and oxygen atoms in total. The summed E-state index contributed by atoms with van der Waals surface area (Å²) < 4.78 is 6.21. The Bertz CT molecular complexity index is 1180. The Balaban J connectivity index is 1.98. The van der Waals surface area contributed by atoms with Gasteiger partial charge >= 0.3 is 0 Å². The molecule has 6 heteroatoms. The number of Topliss-reactive ketones (excluding diaryl/α,β-unsaturated/α-hetero) is 1. The summed E-state index contributed by atoms with van der Waals surface area (Å²) in [7, 11) is 0. The van der Waals surface area contributed by atoms with Gasteiger partial charge in [-0.15, -0.1) is 11.8 Å². The number of allylic oxidation sites excluding steroid dienone is 10. The van der Waals surface area contributed by atoms with Crippen molar-refractivity contribution in [1.82, 2.24) is 0 Å². The van der Waals surface area contributed by atoms with Crippen LogP contribution in [0.1, 0.15) is 83.1 Å². The molecule has 208 valence electrons. The zero-order chi connectivity index (χ0) is 28.8. The maximum atomic E-state index is 13.3. The largest absolute Gasteiger partial charge is 0.444 e. The first-order valence-electron chi connectivity index (χ1n) is 13.2. The number of rotatable bonds is 4. The molecule has 0 aromatic heterocycles. The lowest BCUT2D eigenvalue weighted by molar-refractivity contribution is -0.112. The van der Waals surface area contributed by atoms with Crippen LogP contribution in [-0.4, -0.2) is 20.5 Å². The molecule has 0 spiro atoms. The Hall–Kier alpha value is -1.50. The van der Waals surface area contributed by atoms with Crippen LogP contribution in [0.15, 0.2) is 79.5 Å².